The van der Waals surface area contributed by atoms with Crippen LogP contribution in [0.2, 0.25) is 0 Å². The molecular formula is C15H14N2O4. The zero-order chi connectivity index (χ0) is 15.4. The van der Waals surface area contributed by atoms with Crippen molar-refractivity contribution < 1.29 is 19.4 Å². The number of carbonyl (C=O) groups excluding carboxylic acids is 2. The van der Waals surface area contributed by atoms with Crippen molar-refractivity contribution in [2.45, 2.75) is 0 Å². The molecule has 0 radical (unpaired) electrons. The van der Waals surface area contributed by atoms with E-state index in [1.165, 1.54) is 25.3 Å². The van der Waals surface area contributed by atoms with Crippen LogP contribution in [-0.2, 0) is 4.74 Å². The summed E-state index contributed by atoms with van der Waals surface area (Å²) < 4.78 is 4.62. The van der Waals surface area contributed by atoms with Crippen LogP contribution in [0, 0.1) is 0 Å². The van der Waals surface area contributed by atoms with Gasteiger partial charge in [-0.05, 0) is 30.3 Å². The molecular weight excluding hydrogens is 272 g/mol. The molecule has 0 aliphatic heterocycles. The van der Waals surface area contributed by atoms with E-state index >= 15 is 0 Å². The number of phenols is 1. The Morgan fingerprint density at radius 2 is 1.81 bits per heavy atom. The first-order valence-corrected chi connectivity index (χ1v) is 6.10. The van der Waals surface area contributed by atoms with Crippen molar-refractivity contribution >= 4 is 23.4 Å². The van der Waals surface area contributed by atoms with E-state index in [9.17, 15) is 14.7 Å². The van der Waals surface area contributed by atoms with Gasteiger partial charge in [0.25, 0.3) is 0 Å². The predicted octanol–water partition coefficient (Wildman–Crippen LogP) is 2.40. The Labute approximate surface area is 121 Å². The van der Waals surface area contributed by atoms with Crippen molar-refractivity contribution in [3.63, 3.8) is 0 Å². The number of nitrogens with zero attached hydrogens (tertiary/aromatic N) is 1. The van der Waals surface area contributed by atoms with Crippen LogP contribution in [-0.4, -0.2) is 24.2 Å². The number of anilines is 2. The molecule has 0 aromatic heterocycles. The van der Waals surface area contributed by atoms with Gasteiger partial charge in [0, 0.05) is 0 Å². The molecule has 0 aliphatic rings. The highest BCUT2D eigenvalue weighted by Gasteiger charge is 2.20. The lowest BCUT2D eigenvalue weighted by Gasteiger charge is -2.22. The molecule has 2 amide bonds. The first kappa shape index (κ1) is 14.4. The molecule has 0 saturated carbocycles. The Kier molecular flexibility index (Phi) is 4.08. The number of carbonyl (C=O) groups is 2. The molecule has 21 heavy (non-hydrogen) atoms. The van der Waals surface area contributed by atoms with Gasteiger partial charge in [-0.15, -0.1) is 0 Å². The van der Waals surface area contributed by atoms with Gasteiger partial charge in [-0.1, -0.05) is 18.2 Å². The minimum Gasteiger partial charge on any atom is -0.506 e. The van der Waals surface area contributed by atoms with E-state index in [0.717, 1.165) is 4.90 Å². The highest BCUT2D eigenvalue weighted by atomic mass is 16.5. The Morgan fingerprint density at radius 1 is 1.14 bits per heavy atom. The molecule has 0 spiro atoms. The quantitative estimate of drug-likeness (QED) is 0.847. The maximum Gasteiger partial charge on any atom is 0.337 e. The molecule has 3 N–H and O–H groups in total. The second-order valence-corrected chi connectivity index (χ2v) is 4.20. The van der Waals surface area contributed by atoms with Gasteiger partial charge in [0.15, 0.2) is 0 Å². The Hall–Kier alpha value is -3.02. The van der Waals surface area contributed by atoms with E-state index < -0.39 is 12.0 Å². The highest BCUT2D eigenvalue weighted by Crippen LogP contribution is 2.33. The van der Waals surface area contributed by atoms with Crippen molar-refractivity contribution in [3.8, 4) is 5.75 Å². The van der Waals surface area contributed by atoms with Crippen molar-refractivity contribution in [2.24, 2.45) is 5.73 Å². The van der Waals surface area contributed by atoms with Crippen molar-refractivity contribution in [3.05, 3.63) is 54.1 Å². The van der Waals surface area contributed by atoms with Gasteiger partial charge in [0.1, 0.15) is 5.75 Å². The molecule has 0 fully saturated rings. The SMILES string of the molecule is COC(=O)c1ccc(O)c(N(C(N)=O)c2ccccc2)c1. The predicted molar refractivity (Wildman–Crippen MR) is 77.6 cm³/mol. The van der Waals surface area contributed by atoms with Gasteiger partial charge in [0.05, 0.1) is 24.0 Å². The number of primary amides is 1. The summed E-state index contributed by atoms with van der Waals surface area (Å²) in [5, 5.41) is 9.97. The lowest BCUT2D eigenvalue weighted by Crippen LogP contribution is -2.31. The lowest BCUT2D eigenvalue weighted by atomic mass is 10.1. The summed E-state index contributed by atoms with van der Waals surface area (Å²) in [7, 11) is 1.25. The maximum atomic E-state index is 11.7. The number of ether oxygens (including phenoxy) is 1. The zero-order valence-electron chi connectivity index (χ0n) is 11.3. The Bertz CT molecular complexity index is 671. The zero-order valence-corrected chi connectivity index (χ0v) is 11.3. The third kappa shape index (κ3) is 2.94. The van der Waals surface area contributed by atoms with Crippen LogP contribution in [0.25, 0.3) is 0 Å². The number of benzene rings is 2. The third-order valence-electron chi connectivity index (χ3n) is 2.87. The number of rotatable bonds is 3. The molecule has 0 unspecified atom stereocenters. The van der Waals surface area contributed by atoms with Gasteiger partial charge in [-0.2, -0.15) is 0 Å². The Balaban J connectivity index is 2.55. The number of amides is 2. The number of nitrogens with two attached hydrogens (primary N) is 1. The van der Waals surface area contributed by atoms with E-state index in [-0.39, 0.29) is 17.0 Å². The fraction of sp³-hybridized carbons (Fsp3) is 0.0667. The number of hydrogen-bond donors (Lipinski definition) is 2. The molecule has 6 heteroatoms. The van der Waals surface area contributed by atoms with Crippen LogP contribution in [0.4, 0.5) is 16.2 Å². The van der Waals surface area contributed by atoms with Crippen LogP contribution in [0.1, 0.15) is 10.4 Å². The first-order valence-electron chi connectivity index (χ1n) is 6.10. The smallest absolute Gasteiger partial charge is 0.337 e. The molecule has 6 nitrogen and oxygen atoms in total. The van der Waals surface area contributed by atoms with Crippen LogP contribution in [0.5, 0.6) is 5.75 Å². The summed E-state index contributed by atoms with van der Waals surface area (Å²) in [6.07, 6.45) is 0. The summed E-state index contributed by atoms with van der Waals surface area (Å²) in [6, 6.07) is 11.8. The second-order valence-electron chi connectivity index (χ2n) is 4.20. The van der Waals surface area contributed by atoms with Crippen LogP contribution in [0.15, 0.2) is 48.5 Å². The summed E-state index contributed by atoms with van der Waals surface area (Å²) in [6.45, 7) is 0. The number of urea groups is 1. The minimum absolute atomic E-state index is 0.108. The molecule has 0 heterocycles. The van der Waals surface area contributed by atoms with Gasteiger partial charge < -0.3 is 15.6 Å². The summed E-state index contributed by atoms with van der Waals surface area (Å²) in [4.78, 5) is 24.4. The first-order chi connectivity index (χ1) is 10.0. The summed E-state index contributed by atoms with van der Waals surface area (Å²) >= 11 is 0. The number of phenolic OH excluding ortho intramolecular Hbond substituents is 1. The van der Waals surface area contributed by atoms with Gasteiger partial charge in [0.2, 0.25) is 0 Å². The van der Waals surface area contributed by atoms with Crippen LogP contribution in [0.3, 0.4) is 0 Å². The molecule has 0 aliphatic carbocycles. The summed E-state index contributed by atoms with van der Waals surface area (Å²) in [5.74, 6) is -0.751. The monoisotopic (exact) mass is 286 g/mol. The second kappa shape index (κ2) is 5.96. The van der Waals surface area contributed by atoms with Crippen molar-refractivity contribution in [1.82, 2.24) is 0 Å². The van der Waals surface area contributed by atoms with Gasteiger partial charge in [-0.25, -0.2) is 9.59 Å². The molecule has 2 rings (SSSR count). The van der Waals surface area contributed by atoms with Gasteiger partial charge >= 0.3 is 12.0 Å². The third-order valence-corrected chi connectivity index (χ3v) is 2.87. The molecule has 0 atom stereocenters. The fourth-order valence-corrected chi connectivity index (χ4v) is 1.91. The van der Waals surface area contributed by atoms with E-state index in [2.05, 4.69) is 4.74 Å². The fourth-order valence-electron chi connectivity index (χ4n) is 1.91. The topological polar surface area (TPSA) is 92.9 Å². The molecule has 2 aromatic rings. The number of hydrogen-bond acceptors (Lipinski definition) is 4. The molecule has 108 valence electrons. The van der Waals surface area contributed by atoms with Crippen LogP contribution >= 0.6 is 0 Å². The number of esters is 1. The number of methoxy groups -OCH3 is 1. The molecule has 0 saturated heterocycles. The average Bonchev–Trinajstić information content (AvgIpc) is 2.49. The van der Waals surface area contributed by atoms with E-state index in [1.54, 1.807) is 30.3 Å². The average molecular weight is 286 g/mol. The van der Waals surface area contributed by atoms with E-state index in [0.29, 0.717) is 5.69 Å². The maximum absolute atomic E-state index is 11.7. The largest absolute Gasteiger partial charge is 0.506 e. The van der Waals surface area contributed by atoms with Crippen LogP contribution < -0.4 is 10.6 Å². The number of aromatic hydroxyl groups is 1. The lowest BCUT2D eigenvalue weighted by molar-refractivity contribution is 0.0600. The van der Waals surface area contributed by atoms with Gasteiger partial charge in [-0.3, -0.25) is 4.90 Å². The van der Waals surface area contributed by atoms with E-state index in [4.69, 9.17) is 5.73 Å². The number of para-hydroxylation sites is 1. The van der Waals surface area contributed by atoms with E-state index in [1.807, 2.05) is 0 Å². The Morgan fingerprint density at radius 3 is 2.38 bits per heavy atom. The standard InChI is InChI=1S/C15H14N2O4/c1-21-14(19)10-7-8-13(18)12(9-10)17(15(16)20)11-5-3-2-4-6-11/h2-9,18H,1H3,(H2,16,20). The normalized spacial score (nSPS) is 9.95. The van der Waals surface area contributed by atoms with Crippen molar-refractivity contribution in [1.29, 1.82) is 0 Å². The minimum atomic E-state index is -0.779. The molecule has 0 bridgehead atoms. The van der Waals surface area contributed by atoms with Crippen molar-refractivity contribution in [2.75, 3.05) is 12.0 Å². The summed E-state index contributed by atoms with van der Waals surface area (Å²) in [5.41, 5.74) is 6.17. The highest BCUT2D eigenvalue weighted by molar-refractivity contribution is 6.01. The molecule has 2 aromatic carbocycles.